The second-order valence-corrected chi connectivity index (χ2v) is 3.15. The van der Waals surface area contributed by atoms with Gasteiger partial charge < -0.3 is 5.73 Å². The van der Waals surface area contributed by atoms with Crippen molar-refractivity contribution in [3.05, 3.63) is 35.1 Å². The topological polar surface area (TPSA) is 68.9 Å². The summed E-state index contributed by atoms with van der Waals surface area (Å²) in [4.78, 5) is 18.9. The number of hydrogen-bond acceptors (Lipinski definition) is 3. The van der Waals surface area contributed by atoms with Crippen LogP contribution in [0, 0.1) is 0 Å². The van der Waals surface area contributed by atoms with E-state index in [1.54, 1.807) is 18.2 Å². The van der Waals surface area contributed by atoms with Crippen LogP contribution >= 0.6 is 11.6 Å². The third kappa shape index (κ3) is 1.52. The van der Waals surface area contributed by atoms with Gasteiger partial charge in [-0.3, -0.25) is 9.78 Å². The van der Waals surface area contributed by atoms with Gasteiger partial charge in [0.05, 0.1) is 17.2 Å². The van der Waals surface area contributed by atoms with Crippen LogP contribution in [0.1, 0.15) is 10.4 Å². The Labute approximate surface area is 84.7 Å². The third-order valence-electron chi connectivity index (χ3n) is 1.80. The lowest BCUT2D eigenvalue weighted by atomic mass is 10.2. The molecule has 70 valence electrons. The molecule has 0 spiro atoms. The van der Waals surface area contributed by atoms with Crippen LogP contribution in [0.2, 0.25) is 5.15 Å². The van der Waals surface area contributed by atoms with Gasteiger partial charge in [-0.1, -0.05) is 11.6 Å². The van der Waals surface area contributed by atoms with Crippen molar-refractivity contribution in [3.63, 3.8) is 0 Å². The van der Waals surface area contributed by atoms with E-state index < -0.39 is 5.91 Å². The molecule has 0 aliphatic carbocycles. The largest absolute Gasteiger partial charge is 0.366 e. The molecule has 0 saturated heterocycles. The lowest BCUT2D eigenvalue weighted by molar-refractivity contribution is 0.100. The molecule has 2 aromatic rings. The van der Waals surface area contributed by atoms with E-state index in [2.05, 4.69) is 9.97 Å². The molecule has 0 saturated carbocycles. The minimum absolute atomic E-state index is 0.291. The normalized spacial score (nSPS) is 10.4. The molecule has 0 radical (unpaired) electrons. The molecule has 0 aliphatic rings. The van der Waals surface area contributed by atoms with Gasteiger partial charge in [-0.05, 0) is 18.2 Å². The predicted octanol–water partition coefficient (Wildman–Crippen LogP) is 1.38. The van der Waals surface area contributed by atoms with Gasteiger partial charge in [0.1, 0.15) is 5.15 Å². The number of benzene rings is 1. The van der Waals surface area contributed by atoms with Crippen LogP contribution in [0.15, 0.2) is 24.4 Å². The zero-order valence-corrected chi connectivity index (χ0v) is 7.82. The van der Waals surface area contributed by atoms with Gasteiger partial charge in [-0.2, -0.15) is 0 Å². The maximum Gasteiger partial charge on any atom is 0.248 e. The second-order valence-electron chi connectivity index (χ2n) is 2.76. The Morgan fingerprint density at radius 1 is 1.36 bits per heavy atom. The summed E-state index contributed by atoms with van der Waals surface area (Å²) in [6.45, 7) is 0. The number of carbonyl (C=O) groups is 1. The van der Waals surface area contributed by atoms with Crippen molar-refractivity contribution in [2.45, 2.75) is 0 Å². The first-order valence-corrected chi connectivity index (χ1v) is 4.27. The molecule has 4 nitrogen and oxygen atoms in total. The molecule has 5 heteroatoms. The molecule has 1 heterocycles. The molecule has 1 amide bonds. The standard InChI is InChI=1S/C9H6ClN3O/c10-8-4-12-6-2-1-5(9(11)14)3-7(6)13-8/h1-4H,(H2,11,14). The van der Waals surface area contributed by atoms with E-state index in [1.807, 2.05) is 0 Å². The fraction of sp³-hybridized carbons (Fsp3) is 0. The molecule has 1 aromatic heterocycles. The highest BCUT2D eigenvalue weighted by Crippen LogP contribution is 2.13. The van der Waals surface area contributed by atoms with Gasteiger partial charge in [-0.15, -0.1) is 0 Å². The van der Waals surface area contributed by atoms with Crippen LogP contribution in [0.5, 0.6) is 0 Å². The summed E-state index contributed by atoms with van der Waals surface area (Å²) in [5.74, 6) is -0.492. The van der Waals surface area contributed by atoms with Gasteiger partial charge in [0, 0.05) is 5.56 Å². The number of halogens is 1. The first-order chi connectivity index (χ1) is 6.66. The zero-order chi connectivity index (χ0) is 10.1. The highest BCUT2D eigenvalue weighted by Gasteiger charge is 2.03. The van der Waals surface area contributed by atoms with Crippen LogP contribution in [-0.4, -0.2) is 15.9 Å². The average Bonchev–Trinajstić information content (AvgIpc) is 2.16. The van der Waals surface area contributed by atoms with Crippen LogP contribution in [0.4, 0.5) is 0 Å². The number of rotatable bonds is 1. The molecule has 0 fully saturated rings. The van der Waals surface area contributed by atoms with Crippen LogP contribution in [-0.2, 0) is 0 Å². The summed E-state index contributed by atoms with van der Waals surface area (Å²) in [6, 6.07) is 4.85. The van der Waals surface area contributed by atoms with Crippen LogP contribution in [0.25, 0.3) is 11.0 Å². The van der Waals surface area contributed by atoms with Crippen molar-refractivity contribution in [1.29, 1.82) is 0 Å². The maximum atomic E-state index is 10.9. The Bertz CT molecular complexity index is 512. The molecule has 0 unspecified atom stereocenters. The van der Waals surface area contributed by atoms with E-state index >= 15 is 0 Å². The number of amides is 1. The molecular formula is C9H6ClN3O. The van der Waals surface area contributed by atoms with E-state index in [4.69, 9.17) is 17.3 Å². The molecule has 0 bridgehead atoms. The van der Waals surface area contributed by atoms with E-state index in [-0.39, 0.29) is 0 Å². The summed E-state index contributed by atoms with van der Waals surface area (Å²) in [7, 11) is 0. The number of fused-ring (bicyclic) bond motifs is 1. The smallest absolute Gasteiger partial charge is 0.248 e. The van der Waals surface area contributed by atoms with E-state index in [9.17, 15) is 4.79 Å². The SMILES string of the molecule is NC(=O)c1ccc2ncc(Cl)nc2c1. The number of aromatic nitrogens is 2. The van der Waals surface area contributed by atoms with Crippen molar-refractivity contribution in [2.24, 2.45) is 5.73 Å². The number of carbonyl (C=O) groups excluding carboxylic acids is 1. The summed E-state index contributed by atoms with van der Waals surface area (Å²) in [6.07, 6.45) is 1.45. The fourth-order valence-electron chi connectivity index (χ4n) is 1.14. The third-order valence-corrected chi connectivity index (χ3v) is 1.98. The summed E-state index contributed by atoms with van der Waals surface area (Å²) in [5.41, 5.74) is 6.76. The summed E-state index contributed by atoms with van der Waals surface area (Å²) >= 11 is 5.66. The molecule has 1 aromatic carbocycles. The van der Waals surface area contributed by atoms with Crippen molar-refractivity contribution >= 4 is 28.5 Å². The minimum atomic E-state index is -0.492. The van der Waals surface area contributed by atoms with Gasteiger partial charge in [-0.25, -0.2) is 4.98 Å². The average molecular weight is 208 g/mol. The van der Waals surface area contributed by atoms with Gasteiger partial charge in [0.15, 0.2) is 0 Å². The Kier molecular flexibility index (Phi) is 2.05. The lowest BCUT2D eigenvalue weighted by Crippen LogP contribution is -2.10. The van der Waals surface area contributed by atoms with E-state index in [0.29, 0.717) is 21.7 Å². The predicted molar refractivity (Wildman–Crippen MR) is 53.1 cm³/mol. The molecule has 14 heavy (non-hydrogen) atoms. The first kappa shape index (κ1) is 8.90. The number of hydrogen-bond donors (Lipinski definition) is 1. The van der Waals surface area contributed by atoms with Crippen molar-refractivity contribution < 1.29 is 4.79 Å². The highest BCUT2D eigenvalue weighted by molar-refractivity contribution is 6.29. The molecule has 2 rings (SSSR count). The van der Waals surface area contributed by atoms with Crippen LogP contribution < -0.4 is 5.73 Å². The molecular weight excluding hydrogens is 202 g/mol. The Morgan fingerprint density at radius 3 is 2.86 bits per heavy atom. The Hall–Kier alpha value is -1.68. The summed E-state index contributed by atoms with van der Waals surface area (Å²) < 4.78 is 0. The first-order valence-electron chi connectivity index (χ1n) is 3.89. The zero-order valence-electron chi connectivity index (χ0n) is 7.07. The van der Waals surface area contributed by atoms with Crippen molar-refractivity contribution in [3.8, 4) is 0 Å². The van der Waals surface area contributed by atoms with Crippen molar-refractivity contribution in [2.75, 3.05) is 0 Å². The quantitative estimate of drug-likeness (QED) is 0.768. The Balaban J connectivity index is 2.69. The lowest BCUT2D eigenvalue weighted by Gasteiger charge is -1.98. The monoisotopic (exact) mass is 207 g/mol. The second kappa shape index (κ2) is 3.23. The maximum absolute atomic E-state index is 10.9. The van der Waals surface area contributed by atoms with Gasteiger partial charge in [0.2, 0.25) is 5.91 Å². The summed E-state index contributed by atoms with van der Waals surface area (Å²) in [5, 5.41) is 0.291. The Morgan fingerprint density at radius 2 is 2.14 bits per heavy atom. The number of nitrogens with zero attached hydrogens (tertiary/aromatic N) is 2. The van der Waals surface area contributed by atoms with E-state index in [1.165, 1.54) is 6.20 Å². The fourth-order valence-corrected chi connectivity index (χ4v) is 1.28. The van der Waals surface area contributed by atoms with Gasteiger partial charge in [0.25, 0.3) is 0 Å². The van der Waals surface area contributed by atoms with Gasteiger partial charge >= 0.3 is 0 Å². The number of primary amides is 1. The molecule has 0 atom stereocenters. The molecule has 0 aliphatic heterocycles. The van der Waals surface area contributed by atoms with Crippen molar-refractivity contribution in [1.82, 2.24) is 9.97 Å². The van der Waals surface area contributed by atoms with Crippen LogP contribution in [0.3, 0.4) is 0 Å². The highest BCUT2D eigenvalue weighted by atomic mass is 35.5. The van der Waals surface area contributed by atoms with E-state index in [0.717, 1.165) is 0 Å². The molecule has 2 N–H and O–H groups in total. The minimum Gasteiger partial charge on any atom is -0.366 e. The number of nitrogens with two attached hydrogens (primary N) is 1.